The molecule has 3 heterocycles. The molecule has 8 heteroatoms. The van der Waals surface area contributed by atoms with Gasteiger partial charge in [-0.2, -0.15) is 5.10 Å². The highest BCUT2D eigenvalue weighted by molar-refractivity contribution is 5.83. The Morgan fingerprint density at radius 1 is 1.33 bits per heavy atom. The average Bonchev–Trinajstić information content (AvgIpc) is 3.03. The maximum absolute atomic E-state index is 12.3. The van der Waals surface area contributed by atoms with Gasteiger partial charge in [0.1, 0.15) is 5.60 Å². The second kappa shape index (κ2) is 6.08. The molecule has 1 fully saturated rings. The van der Waals surface area contributed by atoms with Gasteiger partial charge in [-0.15, -0.1) is 0 Å². The van der Waals surface area contributed by atoms with Gasteiger partial charge in [0.15, 0.2) is 6.04 Å². The van der Waals surface area contributed by atoms with Gasteiger partial charge in [0, 0.05) is 25.0 Å². The Balaban J connectivity index is 1.82. The lowest BCUT2D eigenvalue weighted by Crippen LogP contribution is -2.38. The number of aromatic nitrogens is 2. The summed E-state index contributed by atoms with van der Waals surface area (Å²) in [5.41, 5.74) is 0.516. The monoisotopic (exact) mass is 337 g/mol. The lowest BCUT2D eigenvalue weighted by atomic mass is 10.1. The topological polar surface area (TPSA) is 93.9 Å². The minimum atomic E-state index is -1.08. The maximum Gasteiger partial charge on any atom is 0.411 e. The van der Waals surface area contributed by atoms with Crippen LogP contribution in [0.1, 0.15) is 57.0 Å². The maximum atomic E-state index is 12.3. The minimum Gasteiger partial charge on any atom is -0.479 e. The number of carboxylic acid groups (broad SMARTS) is 1. The number of amides is 1. The van der Waals surface area contributed by atoms with E-state index in [-0.39, 0.29) is 12.6 Å². The molecule has 0 aliphatic carbocycles. The molecule has 1 atom stereocenters. The molecule has 1 saturated heterocycles. The molecule has 3 rings (SSSR count). The van der Waals surface area contributed by atoms with E-state index < -0.39 is 23.7 Å². The first-order valence-corrected chi connectivity index (χ1v) is 8.14. The zero-order valence-corrected chi connectivity index (χ0v) is 14.2. The standard InChI is InChI=1S/C16H23N3O5/c1-16(2,3)24-15(22)18-9-12-11(13(18)14(20)21)8-19(17-12)10-4-6-23-7-5-10/h8,10,13H,4-7,9H2,1-3H3,(H,20,21). The van der Waals surface area contributed by atoms with Crippen LogP contribution in [0.5, 0.6) is 0 Å². The molecule has 2 aliphatic rings. The second-order valence-electron chi connectivity index (χ2n) is 7.20. The highest BCUT2D eigenvalue weighted by Crippen LogP contribution is 2.36. The zero-order valence-electron chi connectivity index (χ0n) is 14.2. The van der Waals surface area contributed by atoms with Crippen molar-refractivity contribution in [3.05, 3.63) is 17.5 Å². The number of rotatable bonds is 2. The Kier molecular flexibility index (Phi) is 4.25. The third-order valence-corrected chi connectivity index (χ3v) is 4.19. The van der Waals surface area contributed by atoms with Gasteiger partial charge in [-0.3, -0.25) is 9.58 Å². The number of nitrogens with zero attached hydrogens (tertiary/aromatic N) is 3. The van der Waals surface area contributed by atoms with Crippen LogP contribution in [0.2, 0.25) is 0 Å². The molecule has 0 radical (unpaired) electrons. The number of carbonyl (C=O) groups is 2. The Morgan fingerprint density at radius 3 is 2.58 bits per heavy atom. The van der Waals surface area contributed by atoms with Crippen LogP contribution >= 0.6 is 0 Å². The second-order valence-corrected chi connectivity index (χ2v) is 7.20. The van der Waals surface area contributed by atoms with Crippen LogP contribution in [-0.4, -0.2) is 50.7 Å². The zero-order chi connectivity index (χ0) is 17.5. The van der Waals surface area contributed by atoms with Crippen molar-refractivity contribution >= 4 is 12.1 Å². The van der Waals surface area contributed by atoms with Crippen molar-refractivity contribution in [1.29, 1.82) is 0 Å². The Morgan fingerprint density at radius 2 is 2.00 bits per heavy atom. The minimum absolute atomic E-state index is 0.150. The van der Waals surface area contributed by atoms with E-state index in [4.69, 9.17) is 9.47 Å². The fraction of sp³-hybridized carbons (Fsp3) is 0.688. The smallest absolute Gasteiger partial charge is 0.411 e. The van der Waals surface area contributed by atoms with E-state index in [1.165, 1.54) is 4.90 Å². The van der Waals surface area contributed by atoms with Gasteiger partial charge in [-0.1, -0.05) is 0 Å². The Hall–Kier alpha value is -2.09. The van der Waals surface area contributed by atoms with E-state index in [0.717, 1.165) is 12.8 Å². The van der Waals surface area contributed by atoms with Crippen molar-refractivity contribution in [2.75, 3.05) is 13.2 Å². The summed E-state index contributed by atoms with van der Waals surface area (Å²) in [4.78, 5) is 25.3. The van der Waals surface area contributed by atoms with Gasteiger partial charge in [-0.05, 0) is 33.6 Å². The van der Waals surface area contributed by atoms with E-state index in [9.17, 15) is 14.7 Å². The van der Waals surface area contributed by atoms with Gasteiger partial charge < -0.3 is 14.6 Å². The summed E-state index contributed by atoms with van der Waals surface area (Å²) in [7, 11) is 0. The van der Waals surface area contributed by atoms with Crippen LogP contribution in [0.3, 0.4) is 0 Å². The van der Waals surface area contributed by atoms with Crippen molar-refractivity contribution in [3.63, 3.8) is 0 Å². The SMILES string of the molecule is CC(C)(C)OC(=O)N1Cc2nn(C3CCOCC3)cc2C1C(=O)O. The van der Waals surface area contributed by atoms with Gasteiger partial charge in [0.25, 0.3) is 0 Å². The first kappa shape index (κ1) is 16.8. The molecule has 0 saturated carbocycles. The number of fused-ring (bicyclic) bond motifs is 1. The van der Waals surface area contributed by atoms with Gasteiger partial charge in [0.05, 0.1) is 18.3 Å². The van der Waals surface area contributed by atoms with Crippen LogP contribution in [-0.2, 0) is 20.8 Å². The van der Waals surface area contributed by atoms with E-state index >= 15 is 0 Å². The molecule has 24 heavy (non-hydrogen) atoms. The molecule has 1 unspecified atom stereocenters. The number of ether oxygens (including phenoxy) is 2. The molecular formula is C16H23N3O5. The molecule has 2 aliphatic heterocycles. The highest BCUT2D eigenvalue weighted by Gasteiger charge is 2.43. The molecule has 0 aromatic carbocycles. The van der Waals surface area contributed by atoms with Crippen molar-refractivity contribution in [2.45, 2.75) is 57.8 Å². The fourth-order valence-electron chi connectivity index (χ4n) is 3.11. The van der Waals surface area contributed by atoms with E-state index in [2.05, 4.69) is 5.10 Å². The van der Waals surface area contributed by atoms with E-state index in [0.29, 0.717) is 24.5 Å². The summed E-state index contributed by atoms with van der Waals surface area (Å²) < 4.78 is 12.5. The molecule has 8 nitrogen and oxygen atoms in total. The number of aliphatic carboxylic acids is 1. The van der Waals surface area contributed by atoms with Gasteiger partial charge >= 0.3 is 12.1 Å². The van der Waals surface area contributed by atoms with Crippen LogP contribution in [0.15, 0.2) is 6.20 Å². The van der Waals surface area contributed by atoms with Crippen molar-refractivity contribution in [2.24, 2.45) is 0 Å². The first-order chi connectivity index (χ1) is 11.3. The summed E-state index contributed by atoms with van der Waals surface area (Å²) in [5.74, 6) is -1.08. The van der Waals surface area contributed by atoms with Gasteiger partial charge in [0.2, 0.25) is 0 Å². The molecule has 1 amide bonds. The summed E-state index contributed by atoms with van der Waals surface area (Å²) in [6, 6.07) is -0.836. The summed E-state index contributed by atoms with van der Waals surface area (Å²) in [6.45, 7) is 6.77. The lowest BCUT2D eigenvalue weighted by molar-refractivity contribution is -0.143. The number of carbonyl (C=O) groups excluding carboxylic acids is 1. The van der Waals surface area contributed by atoms with Crippen LogP contribution in [0.4, 0.5) is 4.79 Å². The van der Waals surface area contributed by atoms with Crippen LogP contribution in [0, 0.1) is 0 Å². The van der Waals surface area contributed by atoms with Crippen molar-refractivity contribution in [3.8, 4) is 0 Å². The highest BCUT2D eigenvalue weighted by atomic mass is 16.6. The summed E-state index contributed by atoms with van der Waals surface area (Å²) >= 11 is 0. The largest absolute Gasteiger partial charge is 0.479 e. The number of carboxylic acids is 1. The predicted octanol–water partition coefficient (Wildman–Crippen LogP) is 2.11. The number of hydrogen-bond donors (Lipinski definition) is 1. The van der Waals surface area contributed by atoms with Crippen LogP contribution < -0.4 is 0 Å². The van der Waals surface area contributed by atoms with Crippen molar-refractivity contribution in [1.82, 2.24) is 14.7 Å². The first-order valence-electron chi connectivity index (χ1n) is 8.14. The normalized spacial score (nSPS) is 21.6. The van der Waals surface area contributed by atoms with E-state index in [1.54, 1.807) is 27.0 Å². The Bertz CT molecular complexity index is 643. The van der Waals surface area contributed by atoms with E-state index in [1.807, 2.05) is 4.68 Å². The van der Waals surface area contributed by atoms with Crippen molar-refractivity contribution < 1.29 is 24.2 Å². The summed E-state index contributed by atoms with van der Waals surface area (Å²) in [5, 5.41) is 14.1. The molecule has 132 valence electrons. The predicted molar refractivity (Wildman–Crippen MR) is 83.5 cm³/mol. The molecule has 1 N–H and O–H groups in total. The third kappa shape index (κ3) is 3.24. The molecule has 0 bridgehead atoms. The summed E-state index contributed by atoms with van der Waals surface area (Å²) in [6.07, 6.45) is 2.84. The van der Waals surface area contributed by atoms with Crippen LogP contribution in [0.25, 0.3) is 0 Å². The average molecular weight is 337 g/mol. The molecule has 1 aromatic rings. The Labute approximate surface area is 140 Å². The number of hydrogen-bond acceptors (Lipinski definition) is 5. The van der Waals surface area contributed by atoms with Gasteiger partial charge in [-0.25, -0.2) is 9.59 Å². The fourth-order valence-corrected chi connectivity index (χ4v) is 3.11. The quantitative estimate of drug-likeness (QED) is 0.888. The lowest BCUT2D eigenvalue weighted by Gasteiger charge is -2.27. The molecular weight excluding hydrogens is 314 g/mol. The molecule has 0 spiro atoms. The molecule has 1 aromatic heterocycles. The third-order valence-electron chi connectivity index (χ3n) is 4.19.